The summed E-state index contributed by atoms with van der Waals surface area (Å²) < 4.78 is 7.50. The van der Waals surface area contributed by atoms with Crippen LogP contribution >= 0.6 is 0 Å². The molecule has 1 aromatic rings. The topological polar surface area (TPSA) is 47.4 Å². The lowest BCUT2D eigenvalue weighted by Crippen LogP contribution is -2.36. The first-order valence-corrected chi connectivity index (χ1v) is 7.31. The van der Waals surface area contributed by atoms with Crippen molar-refractivity contribution in [2.24, 2.45) is 0 Å². The molecular weight excluding hydrogens is 266 g/mol. The van der Waals surface area contributed by atoms with Crippen LogP contribution in [0.5, 0.6) is 0 Å². The summed E-state index contributed by atoms with van der Waals surface area (Å²) in [5.41, 5.74) is 0.555. The number of hydrogen-bond donors (Lipinski definition) is 0. The van der Waals surface area contributed by atoms with Gasteiger partial charge in [0.15, 0.2) is 0 Å². The number of imidazole rings is 1. The maximum absolute atomic E-state index is 12.3. The fourth-order valence-electron chi connectivity index (χ4n) is 2.52. The van der Waals surface area contributed by atoms with Crippen molar-refractivity contribution in [3.63, 3.8) is 0 Å². The number of likely N-dealkylation sites (tertiary alicyclic amines) is 1. The number of aromatic nitrogens is 2. The first kappa shape index (κ1) is 15.4. The number of nitrogens with zero attached hydrogens (tertiary/aromatic N) is 3. The van der Waals surface area contributed by atoms with Gasteiger partial charge in [-0.05, 0) is 40.5 Å². The van der Waals surface area contributed by atoms with E-state index in [1.807, 2.05) is 38.5 Å². The Balaban J connectivity index is 2.16. The van der Waals surface area contributed by atoms with Crippen LogP contribution in [-0.2, 0) is 11.3 Å². The molecule has 0 N–H and O–H groups in total. The molecule has 0 saturated carbocycles. The van der Waals surface area contributed by atoms with E-state index in [9.17, 15) is 4.79 Å². The number of ether oxygens (including phenoxy) is 1. The molecule has 0 aromatic carbocycles. The number of rotatable bonds is 2. The minimum absolute atomic E-state index is 0.0287. The molecule has 1 unspecified atom stereocenters. The molecule has 1 aromatic heterocycles. The van der Waals surface area contributed by atoms with E-state index in [2.05, 4.69) is 16.8 Å². The molecule has 1 amide bonds. The highest BCUT2D eigenvalue weighted by atomic mass is 16.6. The quantitative estimate of drug-likeness (QED) is 0.786. The summed E-state index contributed by atoms with van der Waals surface area (Å²) in [6.45, 7) is 8.80. The van der Waals surface area contributed by atoms with Gasteiger partial charge in [0.2, 0.25) is 0 Å². The van der Waals surface area contributed by atoms with Gasteiger partial charge in [0.1, 0.15) is 5.60 Å². The molecule has 5 nitrogen and oxygen atoms in total. The standard InChI is InChI=1S/C16H23N3O2/c1-5-6-9-18-12-17-11-14(18)13-8-7-10-19(13)15(20)21-16(2,3)4/h11-13H,7-10H2,1-4H3. The molecular formula is C16H23N3O2. The zero-order valence-corrected chi connectivity index (χ0v) is 13.2. The largest absolute Gasteiger partial charge is 0.444 e. The average Bonchev–Trinajstić information content (AvgIpc) is 3.02. The maximum atomic E-state index is 12.3. The van der Waals surface area contributed by atoms with Crippen molar-refractivity contribution in [1.29, 1.82) is 0 Å². The molecule has 2 heterocycles. The summed E-state index contributed by atoms with van der Waals surface area (Å²) in [5, 5.41) is 0. The van der Waals surface area contributed by atoms with Crippen molar-refractivity contribution in [3.05, 3.63) is 18.2 Å². The van der Waals surface area contributed by atoms with Crippen LogP contribution in [0.4, 0.5) is 4.79 Å². The minimum Gasteiger partial charge on any atom is -0.444 e. The van der Waals surface area contributed by atoms with Crippen molar-refractivity contribution in [1.82, 2.24) is 14.5 Å². The lowest BCUT2D eigenvalue weighted by Gasteiger charge is -2.28. The summed E-state index contributed by atoms with van der Waals surface area (Å²) in [4.78, 5) is 18.3. The third-order valence-corrected chi connectivity index (χ3v) is 3.39. The third-order valence-electron chi connectivity index (χ3n) is 3.39. The smallest absolute Gasteiger partial charge is 0.410 e. The van der Waals surface area contributed by atoms with Crippen molar-refractivity contribution >= 4 is 6.09 Å². The van der Waals surface area contributed by atoms with Crippen LogP contribution in [0, 0.1) is 11.8 Å². The lowest BCUT2D eigenvalue weighted by molar-refractivity contribution is 0.0219. The first-order chi connectivity index (χ1) is 9.92. The SMILES string of the molecule is CC#CCn1cncc1C1CCCN1C(=O)OC(C)(C)C. The van der Waals surface area contributed by atoms with Crippen LogP contribution in [-0.4, -0.2) is 32.7 Å². The summed E-state index contributed by atoms with van der Waals surface area (Å²) in [5.74, 6) is 5.92. The van der Waals surface area contributed by atoms with Gasteiger partial charge in [0.25, 0.3) is 0 Å². The van der Waals surface area contributed by atoms with Gasteiger partial charge in [-0.15, -0.1) is 5.92 Å². The second-order valence-electron chi connectivity index (χ2n) is 6.20. The second kappa shape index (κ2) is 6.21. The van der Waals surface area contributed by atoms with Crippen LogP contribution in [0.15, 0.2) is 12.5 Å². The second-order valence-corrected chi connectivity index (χ2v) is 6.20. The normalized spacial score (nSPS) is 18.3. The molecule has 0 spiro atoms. The van der Waals surface area contributed by atoms with Gasteiger partial charge in [-0.1, -0.05) is 5.92 Å². The number of carbonyl (C=O) groups is 1. The highest BCUT2D eigenvalue weighted by Gasteiger charge is 2.34. The summed E-state index contributed by atoms with van der Waals surface area (Å²) in [7, 11) is 0. The summed E-state index contributed by atoms with van der Waals surface area (Å²) in [6, 6.07) is 0.0287. The predicted molar refractivity (Wildman–Crippen MR) is 80.6 cm³/mol. The number of carbonyl (C=O) groups excluding carboxylic acids is 1. The zero-order chi connectivity index (χ0) is 15.5. The Kier molecular flexibility index (Phi) is 4.56. The van der Waals surface area contributed by atoms with E-state index >= 15 is 0 Å². The van der Waals surface area contributed by atoms with E-state index in [-0.39, 0.29) is 12.1 Å². The number of hydrogen-bond acceptors (Lipinski definition) is 3. The summed E-state index contributed by atoms with van der Waals surface area (Å²) in [6.07, 6.45) is 5.26. The molecule has 114 valence electrons. The molecule has 21 heavy (non-hydrogen) atoms. The maximum Gasteiger partial charge on any atom is 0.410 e. The van der Waals surface area contributed by atoms with Crippen LogP contribution in [0.2, 0.25) is 0 Å². The number of amides is 1. The van der Waals surface area contributed by atoms with E-state index in [1.165, 1.54) is 0 Å². The van der Waals surface area contributed by atoms with Gasteiger partial charge in [0.05, 0.1) is 30.8 Å². The van der Waals surface area contributed by atoms with E-state index in [0.29, 0.717) is 6.54 Å². The first-order valence-electron chi connectivity index (χ1n) is 7.31. The molecule has 1 aliphatic rings. The zero-order valence-electron chi connectivity index (χ0n) is 13.2. The van der Waals surface area contributed by atoms with E-state index in [1.54, 1.807) is 11.2 Å². The van der Waals surface area contributed by atoms with E-state index in [0.717, 1.165) is 25.1 Å². The fraction of sp³-hybridized carbons (Fsp3) is 0.625. The fourth-order valence-corrected chi connectivity index (χ4v) is 2.52. The average molecular weight is 289 g/mol. The van der Waals surface area contributed by atoms with Crippen LogP contribution in [0.1, 0.15) is 52.3 Å². The van der Waals surface area contributed by atoms with Crippen LogP contribution < -0.4 is 0 Å². The molecule has 0 radical (unpaired) electrons. The summed E-state index contributed by atoms with van der Waals surface area (Å²) >= 11 is 0. The van der Waals surface area contributed by atoms with E-state index in [4.69, 9.17) is 4.74 Å². The lowest BCUT2D eigenvalue weighted by atomic mass is 10.1. The van der Waals surface area contributed by atoms with Crippen molar-refractivity contribution in [3.8, 4) is 11.8 Å². The Morgan fingerprint density at radius 3 is 2.95 bits per heavy atom. The Hall–Kier alpha value is -1.96. The van der Waals surface area contributed by atoms with Gasteiger partial charge in [0, 0.05) is 6.54 Å². The predicted octanol–water partition coefficient (Wildman–Crippen LogP) is 2.98. The highest BCUT2D eigenvalue weighted by Crippen LogP contribution is 2.32. The molecule has 5 heteroatoms. The molecule has 1 saturated heterocycles. The molecule has 2 rings (SSSR count). The molecule has 1 aliphatic heterocycles. The van der Waals surface area contributed by atoms with Gasteiger partial charge in [-0.25, -0.2) is 9.78 Å². The van der Waals surface area contributed by atoms with Gasteiger partial charge >= 0.3 is 6.09 Å². The molecule has 1 atom stereocenters. The van der Waals surface area contributed by atoms with Gasteiger partial charge in [-0.2, -0.15) is 0 Å². The Morgan fingerprint density at radius 1 is 1.52 bits per heavy atom. The van der Waals surface area contributed by atoms with Gasteiger partial charge in [-0.3, -0.25) is 4.90 Å². The minimum atomic E-state index is -0.474. The third kappa shape index (κ3) is 3.78. The van der Waals surface area contributed by atoms with Crippen molar-refractivity contribution < 1.29 is 9.53 Å². The molecule has 0 aliphatic carbocycles. The van der Waals surface area contributed by atoms with Crippen LogP contribution in [0.3, 0.4) is 0 Å². The highest BCUT2D eigenvalue weighted by molar-refractivity contribution is 5.69. The van der Waals surface area contributed by atoms with E-state index < -0.39 is 5.60 Å². The monoisotopic (exact) mass is 289 g/mol. The molecule has 0 bridgehead atoms. The Labute approximate surface area is 126 Å². The van der Waals surface area contributed by atoms with Crippen molar-refractivity contribution in [2.75, 3.05) is 6.54 Å². The van der Waals surface area contributed by atoms with Crippen LogP contribution in [0.25, 0.3) is 0 Å². The Bertz CT molecular complexity index is 560. The molecule has 1 fully saturated rings. The van der Waals surface area contributed by atoms with Gasteiger partial charge < -0.3 is 9.30 Å². The van der Waals surface area contributed by atoms with Crippen molar-refractivity contribution in [2.45, 2.75) is 58.7 Å². The Morgan fingerprint density at radius 2 is 2.29 bits per heavy atom.